The van der Waals surface area contributed by atoms with Crippen molar-refractivity contribution in [3.05, 3.63) is 35.8 Å². The molecule has 1 aromatic rings. The van der Waals surface area contributed by atoms with Crippen LogP contribution in [0.1, 0.15) is 93.3 Å². The van der Waals surface area contributed by atoms with Gasteiger partial charge in [-0.2, -0.15) is 0 Å². The fourth-order valence-corrected chi connectivity index (χ4v) is 6.38. The third kappa shape index (κ3) is 8.73. The van der Waals surface area contributed by atoms with E-state index in [0.717, 1.165) is 32.2 Å². The summed E-state index contributed by atoms with van der Waals surface area (Å²) in [5.41, 5.74) is -0.0413. The second-order valence-electron chi connectivity index (χ2n) is 14.1. The first-order valence-corrected chi connectivity index (χ1v) is 16.3. The third-order valence-corrected chi connectivity index (χ3v) is 8.98. The van der Waals surface area contributed by atoms with E-state index in [1.807, 2.05) is 40.7 Å². The highest BCUT2D eigenvalue weighted by Gasteiger charge is 2.40. The van der Waals surface area contributed by atoms with Crippen LogP contribution in [0.3, 0.4) is 0 Å². The summed E-state index contributed by atoms with van der Waals surface area (Å²) in [7, 11) is 1.74. The van der Waals surface area contributed by atoms with Crippen LogP contribution in [0.4, 0.5) is 0 Å². The van der Waals surface area contributed by atoms with Crippen LogP contribution in [0.2, 0.25) is 0 Å². The lowest BCUT2D eigenvalue weighted by atomic mass is 9.84. The van der Waals surface area contributed by atoms with E-state index < -0.39 is 17.5 Å². The van der Waals surface area contributed by atoms with Crippen molar-refractivity contribution >= 4 is 23.6 Å². The van der Waals surface area contributed by atoms with Crippen molar-refractivity contribution in [2.75, 3.05) is 20.1 Å². The topological polar surface area (TPSA) is 115 Å². The Bertz CT molecular complexity index is 1170. The van der Waals surface area contributed by atoms with E-state index in [-0.39, 0.29) is 54.2 Å². The molecule has 4 atom stereocenters. The normalized spacial score (nSPS) is 21.3. The summed E-state index contributed by atoms with van der Waals surface area (Å²) in [4.78, 5) is 59.8. The molecule has 3 rings (SSSR count). The number of likely N-dealkylation sites (tertiary alicyclic amines) is 2. The van der Waals surface area contributed by atoms with Gasteiger partial charge in [-0.1, -0.05) is 47.1 Å². The molecule has 1 aromatic heterocycles. The number of nitrogens with zero attached hydrogens (tertiary/aromatic N) is 3. The van der Waals surface area contributed by atoms with Crippen LogP contribution >= 0.6 is 0 Å². The molecule has 10 heteroatoms. The molecular weight excluding hydrogens is 558 g/mol. The Morgan fingerprint density at radius 1 is 1.02 bits per heavy atom. The molecule has 0 saturated carbocycles. The molecule has 10 nitrogen and oxygen atoms in total. The quantitative estimate of drug-likeness (QED) is 0.363. The van der Waals surface area contributed by atoms with Crippen LogP contribution in [0.25, 0.3) is 0 Å². The van der Waals surface area contributed by atoms with Crippen LogP contribution in [0.5, 0.6) is 0 Å². The van der Waals surface area contributed by atoms with E-state index in [0.29, 0.717) is 24.3 Å². The van der Waals surface area contributed by atoms with E-state index in [2.05, 4.69) is 29.4 Å². The average Bonchev–Trinajstić information content (AvgIpc) is 3.68. The zero-order valence-corrected chi connectivity index (χ0v) is 28.3. The molecule has 2 saturated heterocycles. The minimum atomic E-state index is -0.734. The summed E-state index contributed by atoms with van der Waals surface area (Å²) in [5.74, 6) is -0.0514. The summed E-state index contributed by atoms with van der Waals surface area (Å²) >= 11 is 0. The molecule has 0 unspecified atom stereocenters. The fourth-order valence-electron chi connectivity index (χ4n) is 6.38. The van der Waals surface area contributed by atoms with Crippen molar-refractivity contribution in [3.8, 4) is 0 Å². The van der Waals surface area contributed by atoms with Gasteiger partial charge in [0.15, 0.2) is 0 Å². The van der Waals surface area contributed by atoms with Crippen molar-refractivity contribution in [2.45, 2.75) is 124 Å². The lowest BCUT2D eigenvalue weighted by molar-refractivity contribution is -0.142. The van der Waals surface area contributed by atoms with Crippen molar-refractivity contribution in [1.82, 2.24) is 25.3 Å². The maximum absolute atomic E-state index is 14.1. The van der Waals surface area contributed by atoms with Gasteiger partial charge in [0.25, 0.3) is 0 Å². The summed E-state index contributed by atoms with van der Waals surface area (Å²) in [5, 5.41) is 6.01. The largest absolute Gasteiger partial charge is 0.467 e. The molecule has 0 aliphatic carbocycles. The number of hydrogen-bond acceptors (Lipinski definition) is 6. The molecule has 3 heterocycles. The molecule has 2 N–H and O–H groups in total. The van der Waals surface area contributed by atoms with Gasteiger partial charge < -0.3 is 24.9 Å². The standard InChI is InChI=1S/C34H55N5O5/c1-22(2)28(20-24(5)32(42)39-18-12-16-26(39)30(40)35-21-25-14-13-19-44-25)37(9)33(43)29(34(6,7)8)36-31(41)27-15-10-11-17-38(27)23(3)4/h13-14,19-20,22-23,26-29H,10-12,15-18,21H2,1-9H3,(H,35,40)(H,36,41)/t26-,27+,28+,29+/m0/s1. The Morgan fingerprint density at radius 3 is 2.30 bits per heavy atom. The van der Waals surface area contributed by atoms with Crippen molar-refractivity contribution in [1.29, 1.82) is 0 Å². The predicted octanol–water partition coefficient (Wildman–Crippen LogP) is 4.11. The highest BCUT2D eigenvalue weighted by molar-refractivity contribution is 5.97. The van der Waals surface area contributed by atoms with E-state index >= 15 is 0 Å². The molecule has 2 aliphatic heterocycles. The van der Waals surface area contributed by atoms with Crippen LogP contribution in [0, 0.1) is 11.3 Å². The maximum Gasteiger partial charge on any atom is 0.249 e. The molecule has 44 heavy (non-hydrogen) atoms. The lowest BCUT2D eigenvalue weighted by Crippen LogP contribution is -2.60. The number of amides is 4. The number of carbonyl (C=O) groups is 4. The van der Waals surface area contributed by atoms with Gasteiger partial charge in [-0.05, 0) is 76.5 Å². The molecule has 4 amide bonds. The van der Waals surface area contributed by atoms with Gasteiger partial charge in [-0.3, -0.25) is 24.1 Å². The van der Waals surface area contributed by atoms with Gasteiger partial charge in [0, 0.05) is 25.2 Å². The summed E-state index contributed by atoms with van der Waals surface area (Å²) in [6, 6.07) is 1.88. The summed E-state index contributed by atoms with van der Waals surface area (Å²) < 4.78 is 5.31. The second-order valence-corrected chi connectivity index (χ2v) is 14.1. The van der Waals surface area contributed by atoms with Crippen LogP contribution in [-0.2, 0) is 25.7 Å². The average molecular weight is 614 g/mol. The Balaban J connectivity index is 1.75. The third-order valence-electron chi connectivity index (χ3n) is 8.98. The number of nitrogens with one attached hydrogen (secondary N) is 2. The maximum atomic E-state index is 14.1. The van der Waals surface area contributed by atoms with Gasteiger partial charge in [-0.25, -0.2) is 0 Å². The molecule has 0 radical (unpaired) electrons. The van der Waals surface area contributed by atoms with Gasteiger partial charge in [0.1, 0.15) is 17.8 Å². The van der Waals surface area contributed by atoms with Gasteiger partial charge >= 0.3 is 0 Å². The van der Waals surface area contributed by atoms with Crippen LogP contribution in [0.15, 0.2) is 34.5 Å². The number of rotatable bonds is 11. The van der Waals surface area contributed by atoms with Crippen molar-refractivity contribution < 1.29 is 23.6 Å². The highest BCUT2D eigenvalue weighted by atomic mass is 16.3. The van der Waals surface area contributed by atoms with Crippen LogP contribution < -0.4 is 10.6 Å². The van der Waals surface area contributed by atoms with Gasteiger partial charge in [0.05, 0.1) is 24.9 Å². The zero-order chi connectivity index (χ0) is 32.8. The Labute approximate surface area is 263 Å². The monoisotopic (exact) mass is 613 g/mol. The highest BCUT2D eigenvalue weighted by Crippen LogP contribution is 2.27. The number of furan rings is 1. The first kappa shape index (κ1) is 35.3. The first-order valence-electron chi connectivity index (χ1n) is 16.3. The minimum absolute atomic E-state index is 0.00349. The van der Waals surface area contributed by atoms with Gasteiger partial charge in [0.2, 0.25) is 23.6 Å². The number of likely N-dealkylation sites (N-methyl/N-ethyl adjacent to an activating group) is 1. The first-order chi connectivity index (χ1) is 20.6. The Kier molecular flexibility index (Phi) is 12.2. The zero-order valence-electron chi connectivity index (χ0n) is 28.3. The number of piperidine rings is 1. The minimum Gasteiger partial charge on any atom is -0.467 e. The van der Waals surface area contributed by atoms with E-state index in [1.165, 1.54) is 0 Å². The molecule has 2 fully saturated rings. The Hall–Kier alpha value is -3.14. The molecular formula is C34H55N5O5. The number of carbonyl (C=O) groups excluding carboxylic acids is 4. The lowest BCUT2D eigenvalue weighted by Gasteiger charge is -2.41. The molecule has 0 spiro atoms. The smallest absolute Gasteiger partial charge is 0.249 e. The molecule has 0 bridgehead atoms. The molecule has 2 aliphatic rings. The van der Waals surface area contributed by atoms with Crippen LogP contribution in [-0.4, -0.2) is 88.7 Å². The van der Waals surface area contributed by atoms with Crippen molar-refractivity contribution in [3.63, 3.8) is 0 Å². The molecule has 246 valence electrons. The van der Waals surface area contributed by atoms with Gasteiger partial charge in [-0.15, -0.1) is 0 Å². The summed E-state index contributed by atoms with van der Waals surface area (Å²) in [6.45, 7) is 17.5. The molecule has 0 aromatic carbocycles. The Morgan fingerprint density at radius 2 is 1.70 bits per heavy atom. The van der Waals surface area contributed by atoms with Crippen molar-refractivity contribution in [2.24, 2.45) is 11.3 Å². The predicted molar refractivity (Wildman–Crippen MR) is 171 cm³/mol. The SMILES string of the molecule is CC(=C[C@H](C(C)C)N(C)C(=O)[C@@H](NC(=O)[C@H]1CCCCN1C(C)C)C(C)(C)C)C(=O)N1CCC[C@H]1C(=O)NCc1ccco1. The van der Waals surface area contributed by atoms with E-state index in [1.54, 1.807) is 42.2 Å². The fraction of sp³-hybridized carbons (Fsp3) is 0.706. The summed E-state index contributed by atoms with van der Waals surface area (Å²) in [6.07, 6.45) is 7.57. The number of hydrogen-bond donors (Lipinski definition) is 2. The second kappa shape index (κ2) is 15.2. The van der Waals surface area contributed by atoms with E-state index in [9.17, 15) is 19.2 Å². The van der Waals surface area contributed by atoms with E-state index in [4.69, 9.17) is 4.42 Å².